The van der Waals surface area contributed by atoms with Crippen LogP contribution in [0.3, 0.4) is 0 Å². The van der Waals surface area contributed by atoms with E-state index in [0.29, 0.717) is 11.6 Å². The van der Waals surface area contributed by atoms with Crippen molar-refractivity contribution in [2.75, 3.05) is 11.9 Å². The molecular formula is C9H14N4O3. The molecule has 0 aliphatic heterocycles. The molecule has 4 N–H and O–H groups in total. The number of anilines is 1. The quantitative estimate of drug-likeness (QED) is 0.634. The summed E-state index contributed by atoms with van der Waals surface area (Å²) in [6, 6.07) is 0.938. The van der Waals surface area contributed by atoms with Gasteiger partial charge in [-0.15, -0.1) is 0 Å². The van der Waals surface area contributed by atoms with Crippen LogP contribution in [0, 0.1) is 6.92 Å². The Morgan fingerprint density at radius 2 is 2.31 bits per heavy atom. The van der Waals surface area contributed by atoms with Crippen molar-refractivity contribution in [3.8, 4) is 0 Å². The van der Waals surface area contributed by atoms with Crippen molar-refractivity contribution in [3.05, 3.63) is 11.8 Å². The Morgan fingerprint density at radius 3 is 2.81 bits per heavy atom. The average molecular weight is 226 g/mol. The van der Waals surface area contributed by atoms with Crippen LogP contribution < -0.4 is 16.4 Å². The monoisotopic (exact) mass is 226 g/mol. The number of nitrogens with zero attached hydrogens (tertiary/aromatic N) is 1. The predicted octanol–water partition coefficient (Wildman–Crippen LogP) is -0.615. The molecule has 0 aliphatic rings. The second-order valence-electron chi connectivity index (χ2n) is 3.38. The smallest absolute Gasteiger partial charge is 0.245 e. The molecule has 16 heavy (non-hydrogen) atoms. The highest BCUT2D eigenvalue weighted by Crippen LogP contribution is 2.06. The molecule has 7 heteroatoms. The van der Waals surface area contributed by atoms with Gasteiger partial charge in [-0.3, -0.25) is 9.59 Å². The molecule has 7 nitrogen and oxygen atoms in total. The number of nitrogens with two attached hydrogens (primary N) is 1. The molecule has 0 aromatic carbocycles. The van der Waals surface area contributed by atoms with E-state index in [2.05, 4.69) is 15.8 Å². The van der Waals surface area contributed by atoms with Gasteiger partial charge in [0.1, 0.15) is 5.76 Å². The van der Waals surface area contributed by atoms with Gasteiger partial charge >= 0.3 is 0 Å². The molecule has 0 fully saturated rings. The number of rotatable bonds is 4. The minimum Gasteiger partial charge on any atom is -0.360 e. The third kappa shape index (κ3) is 3.70. The van der Waals surface area contributed by atoms with Crippen molar-refractivity contribution in [1.82, 2.24) is 10.5 Å². The van der Waals surface area contributed by atoms with E-state index in [-0.39, 0.29) is 18.4 Å². The molecule has 0 radical (unpaired) electrons. The van der Waals surface area contributed by atoms with Crippen molar-refractivity contribution in [2.45, 2.75) is 19.9 Å². The van der Waals surface area contributed by atoms with Gasteiger partial charge in [0.15, 0.2) is 5.82 Å². The molecule has 0 aliphatic carbocycles. The third-order valence-corrected chi connectivity index (χ3v) is 1.73. The van der Waals surface area contributed by atoms with Crippen LogP contribution in [0.15, 0.2) is 10.6 Å². The summed E-state index contributed by atoms with van der Waals surface area (Å²) in [4.78, 5) is 22.4. The van der Waals surface area contributed by atoms with Gasteiger partial charge in [-0.25, -0.2) is 0 Å². The lowest BCUT2D eigenvalue weighted by Crippen LogP contribution is -2.41. The molecule has 0 unspecified atom stereocenters. The van der Waals surface area contributed by atoms with Gasteiger partial charge in [-0.1, -0.05) is 5.16 Å². The number of aromatic nitrogens is 1. The number of carbonyl (C=O) groups excluding carboxylic acids is 2. The molecule has 1 rings (SSSR count). The maximum Gasteiger partial charge on any atom is 0.245 e. The second kappa shape index (κ2) is 5.26. The van der Waals surface area contributed by atoms with Gasteiger partial charge in [-0.05, 0) is 13.8 Å². The molecule has 1 atom stereocenters. The molecule has 1 aromatic heterocycles. The minimum atomic E-state index is -0.637. The lowest BCUT2D eigenvalue weighted by atomic mass is 10.3. The highest BCUT2D eigenvalue weighted by molar-refractivity contribution is 5.94. The van der Waals surface area contributed by atoms with Crippen molar-refractivity contribution < 1.29 is 14.1 Å². The first-order chi connectivity index (χ1) is 7.49. The Hall–Kier alpha value is -1.89. The number of hydrogen-bond donors (Lipinski definition) is 3. The second-order valence-corrected chi connectivity index (χ2v) is 3.38. The zero-order valence-corrected chi connectivity index (χ0v) is 9.11. The third-order valence-electron chi connectivity index (χ3n) is 1.73. The number of amides is 2. The summed E-state index contributed by atoms with van der Waals surface area (Å²) in [7, 11) is 0. The first kappa shape index (κ1) is 12.2. The lowest BCUT2D eigenvalue weighted by molar-refractivity contribution is -0.124. The fourth-order valence-corrected chi connectivity index (χ4v) is 0.941. The van der Waals surface area contributed by atoms with Crippen molar-refractivity contribution in [1.29, 1.82) is 0 Å². The van der Waals surface area contributed by atoms with Crippen LogP contribution in [0.1, 0.15) is 12.7 Å². The Morgan fingerprint density at radius 1 is 1.62 bits per heavy atom. The SMILES string of the molecule is Cc1cc(NC(=O)CNC(=O)[C@H](C)N)no1. The maximum absolute atomic E-state index is 11.3. The Balaban J connectivity index is 2.34. The number of nitrogens with one attached hydrogen (secondary N) is 2. The molecule has 0 spiro atoms. The normalized spacial score (nSPS) is 11.9. The van der Waals surface area contributed by atoms with E-state index in [0.717, 1.165) is 0 Å². The Kier molecular flexibility index (Phi) is 4.01. The summed E-state index contributed by atoms with van der Waals surface area (Å²) in [6.45, 7) is 3.10. The van der Waals surface area contributed by atoms with Crippen LogP contribution in [0.25, 0.3) is 0 Å². The molecule has 0 saturated heterocycles. The Labute approximate surface area is 92.3 Å². The van der Waals surface area contributed by atoms with E-state index in [9.17, 15) is 9.59 Å². The molecule has 2 amide bonds. The number of aryl methyl sites for hydroxylation is 1. The topological polar surface area (TPSA) is 110 Å². The highest BCUT2D eigenvalue weighted by atomic mass is 16.5. The fourth-order valence-electron chi connectivity index (χ4n) is 0.941. The predicted molar refractivity (Wildman–Crippen MR) is 56.5 cm³/mol. The van der Waals surface area contributed by atoms with Gasteiger partial charge in [0, 0.05) is 6.07 Å². The first-order valence-electron chi connectivity index (χ1n) is 4.75. The van der Waals surface area contributed by atoms with Crippen LogP contribution in [-0.2, 0) is 9.59 Å². The zero-order chi connectivity index (χ0) is 12.1. The molecule has 1 aromatic rings. The van der Waals surface area contributed by atoms with Gasteiger partial charge in [0.05, 0.1) is 12.6 Å². The van der Waals surface area contributed by atoms with Crippen molar-refractivity contribution in [2.24, 2.45) is 5.73 Å². The summed E-state index contributed by atoms with van der Waals surface area (Å²) in [5.41, 5.74) is 5.31. The van der Waals surface area contributed by atoms with E-state index in [1.807, 2.05) is 0 Å². The van der Waals surface area contributed by atoms with Crippen molar-refractivity contribution >= 4 is 17.6 Å². The first-order valence-corrected chi connectivity index (χ1v) is 4.75. The number of hydrogen-bond acceptors (Lipinski definition) is 5. The van der Waals surface area contributed by atoms with Gasteiger partial charge < -0.3 is 20.9 Å². The van der Waals surface area contributed by atoms with Crippen LogP contribution in [0.4, 0.5) is 5.82 Å². The van der Waals surface area contributed by atoms with Crippen LogP contribution in [0.2, 0.25) is 0 Å². The van der Waals surface area contributed by atoms with E-state index < -0.39 is 6.04 Å². The maximum atomic E-state index is 11.3. The fraction of sp³-hybridized carbons (Fsp3) is 0.444. The summed E-state index contributed by atoms with van der Waals surface area (Å²) >= 11 is 0. The van der Waals surface area contributed by atoms with Gasteiger partial charge in [-0.2, -0.15) is 0 Å². The van der Waals surface area contributed by atoms with Crippen LogP contribution >= 0.6 is 0 Å². The van der Waals surface area contributed by atoms with Crippen molar-refractivity contribution in [3.63, 3.8) is 0 Å². The Bertz CT molecular complexity index is 386. The molecule has 1 heterocycles. The van der Waals surface area contributed by atoms with Crippen LogP contribution in [-0.4, -0.2) is 29.6 Å². The largest absolute Gasteiger partial charge is 0.360 e. The molecule has 0 saturated carbocycles. The lowest BCUT2D eigenvalue weighted by Gasteiger charge is -2.06. The van der Waals surface area contributed by atoms with Gasteiger partial charge in [0.2, 0.25) is 11.8 Å². The minimum absolute atomic E-state index is 0.147. The number of carbonyl (C=O) groups is 2. The molecule has 0 bridgehead atoms. The summed E-state index contributed by atoms with van der Waals surface area (Å²) in [6.07, 6.45) is 0. The average Bonchev–Trinajstić information content (AvgIpc) is 2.60. The van der Waals surface area contributed by atoms with E-state index in [1.54, 1.807) is 13.0 Å². The van der Waals surface area contributed by atoms with E-state index in [4.69, 9.17) is 10.3 Å². The summed E-state index contributed by atoms with van der Waals surface area (Å²) in [5, 5.41) is 8.41. The standard InChI is InChI=1S/C9H14N4O3/c1-5-3-7(13-16-5)12-8(14)4-11-9(15)6(2)10/h3,6H,4,10H2,1-2H3,(H,11,15)(H,12,13,14)/t6-/m0/s1. The van der Waals surface area contributed by atoms with E-state index >= 15 is 0 Å². The highest BCUT2D eigenvalue weighted by Gasteiger charge is 2.10. The summed E-state index contributed by atoms with van der Waals surface area (Å²) in [5.74, 6) is 0.140. The summed E-state index contributed by atoms with van der Waals surface area (Å²) < 4.78 is 4.76. The molecule has 88 valence electrons. The van der Waals surface area contributed by atoms with Crippen LogP contribution in [0.5, 0.6) is 0 Å². The van der Waals surface area contributed by atoms with Gasteiger partial charge in [0.25, 0.3) is 0 Å². The molecular weight excluding hydrogens is 212 g/mol. The zero-order valence-electron chi connectivity index (χ0n) is 9.11. The van der Waals surface area contributed by atoms with E-state index in [1.165, 1.54) is 6.92 Å².